The normalized spacial score (nSPS) is 14.8. The van der Waals surface area contributed by atoms with Crippen molar-refractivity contribution in [1.29, 1.82) is 0 Å². The van der Waals surface area contributed by atoms with Crippen molar-refractivity contribution < 1.29 is 9.18 Å². The second kappa shape index (κ2) is 8.44. The third-order valence-electron chi connectivity index (χ3n) is 5.75. The SMILES string of the molecule is Cc1cnn(C)c1-c1nc(N2CCC(C(=O)N(C)Cc3ccn(C)n3)CC2)ncc1F. The van der Waals surface area contributed by atoms with Gasteiger partial charge in [-0.05, 0) is 31.4 Å². The van der Waals surface area contributed by atoms with E-state index in [2.05, 4.69) is 20.2 Å². The molecule has 1 aliphatic rings. The van der Waals surface area contributed by atoms with Crippen LogP contribution in [-0.2, 0) is 25.4 Å². The highest BCUT2D eigenvalue weighted by molar-refractivity contribution is 5.78. The summed E-state index contributed by atoms with van der Waals surface area (Å²) in [6.07, 6.45) is 6.17. The predicted octanol–water partition coefficient (Wildman–Crippen LogP) is 1.93. The first-order valence-corrected chi connectivity index (χ1v) is 10.3. The van der Waals surface area contributed by atoms with Crippen LogP contribution < -0.4 is 4.90 Å². The van der Waals surface area contributed by atoms with Crippen molar-refractivity contribution in [2.45, 2.75) is 26.3 Å². The van der Waals surface area contributed by atoms with Gasteiger partial charge in [0.1, 0.15) is 5.69 Å². The van der Waals surface area contributed by atoms with E-state index in [-0.39, 0.29) is 17.5 Å². The Morgan fingerprint density at radius 1 is 1.26 bits per heavy atom. The van der Waals surface area contributed by atoms with Gasteiger partial charge in [0, 0.05) is 46.3 Å². The number of hydrogen-bond acceptors (Lipinski definition) is 6. The summed E-state index contributed by atoms with van der Waals surface area (Å²) in [5.74, 6) is 0.0714. The molecule has 0 radical (unpaired) electrons. The Labute approximate surface area is 180 Å². The number of aromatic nitrogens is 6. The smallest absolute Gasteiger partial charge is 0.226 e. The van der Waals surface area contributed by atoms with E-state index in [1.54, 1.807) is 27.5 Å². The fraction of sp³-hybridized carbons (Fsp3) is 0.476. The van der Waals surface area contributed by atoms with Gasteiger partial charge in [0.05, 0.1) is 30.3 Å². The quantitative estimate of drug-likeness (QED) is 0.620. The van der Waals surface area contributed by atoms with E-state index in [9.17, 15) is 9.18 Å². The number of carbonyl (C=O) groups is 1. The van der Waals surface area contributed by atoms with Gasteiger partial charge in [-0.3, -0.25) is 14.2 Å². The largest absolute Gasteiger partial charge is 0.341 e. The molecule has 4 heterocycles. The lowest BCUT2D eigenvalue weighted by atomic mass is 9.95. The molecule has 0 bridgehead atoms. The maximum absolute atomic E-state index is 14.5. The standard InChI is InChI=1S/C21H27FN8O/c1-14-11-24-29(4)19(14)18-17(22)12-23-21(25-18)30-9-5-15(6-10-30)20(31)27(2)13-16-7-8-28(3)26-16/h7-8,11-12,15H,5-6,9-10,13H2,1-4H3. The molecule has 31 heavy (non-hydrogen) atoms. The first-order chi connectivity index (χ1) is 14.8. The van der Waals surface area contributed by atoms with Gasteiger partial charge in [-0.2, -0.15) is 10.2 Å². The molecule has 0 aromatic carbocycles. The van der Waals surface area contributed by atoms with E-state index in [1.165, 1.54) is 6.20 Å². The molecule has 1 amide bonds. The molecule has 4 rings (SSSR count). The highest BCUT2D eigenvalue weighted by Gasteiger charge is 2.29. The Bertz CT molecular complexity index is 1060. The second-order valence-corrected chi connectivity index (χ2v) is 8.10. The minimum Gasteiger partial charge on any atom is -0.341 e. The summed E-state index contributed by atoms with van der Waals surface area (Å²) in [4.78, 5) is 25.3. The van der Waals surface area contributed by atoms with Crippen LogP contribution >= 0.6 is 0 Å². The van der Waals surface area contributed by atoms with Gasteiger partial charge in [0.2, 0.25) is 11.9 Å². The minimum absolute atomic E-state index is 0.0517. The Balaban J connectivity index is 1.42. The average Bonchev–Trinajstić information content (AvgIpc) is 3.32. The van der Waals surface area contributed by atoms with E-state index in [4.69, 9.17) is 0 Å². The molecular weight excluding hydrogens is 399 g/mol. The number of amides is 1. The molecule has 0 aliphatic carbocycles. The van der Waals surface area contributed by atoms with E-state index in [0.717, 1.165) is 11.3 Å². The molecule has 0 N–H and O–H groups in total. The van der Waals surface area contributed by atoms with Crippen molar-refractivity contribution in [2.75, 3.05) is 25.0 Å². The molecule has 1 fully saturated rings. The molecule has 0 unspecified atom stereocenters. The topological polar surface area (TPSA) is 85.0 Å². The van der Waals surface area contributed by atoms with Crippen molar-refractivity contribution in [3.05, 3.63) is 41.7 Å². The zero-order chi connectivity index (χ0) is 22.1. The first kappa shape index (κ1) is 21.0. The van der Waals surface area contributed by atoms with Crippen LogP contribution in [0.4, 0.5) is 10.3 Å². The summed E-state index contributed by atoms with van der Waals surface area (Å²) in [6, 6.07) is 1.92. The molecule has 1 saturated heterocycles. The number of anilines is 1. The van der Waals surface area contributed by atoms with Crippen LogP contribution in [0.15, 0.2) is 24.7 Å². The third-order valence-corrected chi connectivity index (χ3v) is 5.75. The van der Waals surface area contributed by atoms with Crippen LogP contribution in [0.3, 0.4) is 0 Å². The van der Waals surface area contributed by atoms with Crippen molar-refractivity contribution in [2.24, 2.45) is 20.0 Å². The summed E-state index contributed by atoms with van der Waals surface area (Å²) in [5.41, 5.74) is 2.61. The maximum atomic E-state index is 14.5. The van der Waals surface area contributed by atoms with Crippen LogP contribution in [0.1, 0.15) is 24.1 Å². The van der Waals surface area contributed by atoms with Gasteiger partial charge >= 0.3 is 0 Å². The number of rotatable bonds is 5. The van der Waals surface area contributed by atoms with Crippen LogP contribution in [0.25, 0.3) is 11.4 Å². The molecule has 164 valence electrons. The van der Waals surface area contributed by atoms with Gasteiger partial charge in [-0.25, -0.2) is 14.4 Å². The number of piperidine rings is 1. The second-order valence-electron chi connectivity index (χ2n) is 8.10. The van der Waals surface area contributed by atoms with Gasteiger partial charge in [0.15, 0.2) is 5.82 Å². The summed E-state index contributed by atoms with van der Waals surface area (Å²) >= 11 is 0. The monoisotopic (exact) mass is 426 g/mol. The van der Waals surface area contributed by atoms with E-state index in [0.29, 0.717) is 44.1 Å². The molecule has 9 nitrogen and oxygen atoms in total. The predicted molar refractivity (Wildman–Crippen MR) is 114 cm³/mol. The van der Waals surface area contributed by atoms with Crippen LogP contribution in [0.5, 0.6) is 0 Å². The average molecular weight is 427 g/mol. The molecule has 3 aromatic rings. The van der Waals surface area contributed by atoms with Crippen molar-refractivity contribution >= 4 is 11.9 Å². The third kappa shape index (κ3) is 4.28. The van der Waals surface area contributed by atoms with Crippen LogP contribution in [-0.4, -0.2) is 60.5 Å². The number of aryl methyl sites for hydroxylation is 3. The first-order valence-electron chi connectivity index (χ1n) is 10.3. The van der Waals surface area contributed by atoms with Crippen molar-refractivity contribution in [1.82, 2.24) is 34.4 Å². The molecule has 0 spiro atoms. The van der Waals surface area contributed by atoms with Gasteiger partial charge in [-0.15, -0.1) is 0 Å². The van der Waals surface area contributed by atoms with Gasteiger partial charge < -0.3 is 9.80 Å². The number of nitrogens with zero attached hydrogens (tertiary/aromatic N) is 8. The molecular formula is C21H27FN8O. The summed E-state index contributed by atoms with van der Waals surface area (Å²) in [7, 11) is 5.44. The van der Waals surface area contributed by atoms with Crippen LogP contribution in [0.2, 0.25) is 0 Å². The minimum atomic E-state index is -0.475. The summed E-state index contributed by atoms with van der Waals surface area (Å²) < 4.78 is 17.8. The molecule has 0 saturated carbocycles. The van der Waals surface area contributed by atoms with Crippen molar-refractivity contribution in [3.63, 3.8) is 0 Å². The Morgan fingerprint density at radius 3 is 2.61 bits per heavy atom. The van der Waals surface area contributed by atoms with E-state index >= 15 is 0 Å². The zero-order valence-corrected chi connectivity index (χ0v) is 18.3. The zero-order valence-electron chi connectivity index (χ0n) is 18.3. The fourth-order valence-corrected chi connectivity index (χ4v) is 4.07. The Hall–Kier alpha value is -3.30. The number of halogens is 1. The molecule has 10 heteroatoms. The Morgan fingerprint density at radius 2 is 2.00 bits per heavy atom. The van der Waals surface area contributed by atoms with E-state index < -0.39 is 5.82 Å². The summed E-state index contributed by atoms with van der Waals surface area (Å²) in [5, 5.41) is 8.52. The molecule has 0 atom stereocenters. The van der Waals surface area contributed by atoms with Crippen molar-refractivity contribution in [3.8, 4) is 11.4 Å². The Kier molecular flexibility index (Phi) is 5.71. The maximum Gasteiger partial charge on any atom is 0.226 e. The van der Waals surface area contributed by atoms with Crippen LogP contribution in [0, 0.1) is 18.7 Å². The highest BCUT2D eigenvalue weighted by Crippen LogP contribution is 2.27. The molecule has 3 aromatic heterocycles. The highest BCUT2D eigenvalue weighted by atomic mass is 19.1. The number of hydrogen-bond donors (Lipinski definition) is 0. The molecule has 1 aliphatic heterocycles. The summed E-state index contributed by atoms with van der Waals surface area (Å²) in [6.45, 7) is 3.66. The lowest BCUT2D eigenvalue weighted by Crippen LogP contribution is -2.41. The van der Waals surface area contributed by atoms with Gasteiger partial charge in [0.25, 0.3) is 0 Å². The fourth-order valence-electron chi connectivity index (χ4n) is 4.07. The van der Waals surface area contributed by atoms with Gasteiger partial charge in [-0.1, -0.05) is 0 Å². The number of carbonyl (C=O) groups excluding carboxylic acids is 1. The van der Waals surface area contributed by atoms with E-state index in [1.807, 2.05) is 38.2 Å². The lowest BCUT2D eigenvalue weighted by molar-refractivity contribution is -0.135. The lowest BCUT2D eigenvalue weighted by Gasteiger charge is -2.33.